The average molecular weight is 314 g/mol. The third-order valence-electron chi connectivity index (χ3n) is 4.05. The summed E-state index contributed by atoms with van der Waals surface area (Å²) in [6.07, 6.45) is 1.64. The van der Waals surface area contributed by atoms with Crippen LogP contribution in [0, 0.1) is 0 Å². The lowest BCUT2D eigenvalue weighted by molar-refractivity contribution is -0.134. The van der Waals surface area contributed by atoms with Crippen molar-refractivity contribution in [3.63, 3.8) is 0 Å². The number of ether oxygens (including phenoxy) is 1. The van der Waals surface area contributed by atoms with Crippen molar-refractivity contribution in [2.24, 2.45) is 0 Å². The van der Waals surface area contributed by atoms with Crippen molar-refractivity contribution in [1.29, 1.82) is 0 Å². The minimum Gasteiger partial charge on any atom is -0.492 e. The first kappa shape index (κ1) is 15.6. The molecule has 1 atom stereocenters. The van der Waals surface area contributed by atoms with E-state index in [-0.39, 0.29) is 11.8 Å². The SMILES string of the molecule is CN(C)CCN(Cc1ccco1)C(=O)[C@H]1COc2ccccc21. The molecule has 0 radical (unpaired) electrons. The lowest BCUT2D eigenvalue weighted by atomic mass is 9.99. The van der Waals surface area contributed by atoms with Gasteiger partial charge in [0.15, 0.2) is 0 Å². The molecule has 0 saturated heterocycles. The number of hydrogen-bond donors (Lipinski definition) is 0. The highest BCUT2D eigenvalue weighted by molar-refractivity contribution is 5.85. The van der Waals surface area contributed by atoms with Crippen LogP contribution >= 0.6 is 0 Å². The molecule has 2 heterocycles. The van der Waals surface area contributed by atoms with Gasteiger partial charge in [0.2, 0.25) is 5.91 Å². The van der Waals surface area contributed by atoms with E-state index in [0.29, 0.717) is 19.7 Å². The molecule has 3 rings (SSSR count). The fourth-order valence-corrected chi connectivity index (χ4v) is 2.77. The predicted molar refractivity (Wildman–Crippen MR) is 87.4 cm³/mol. The van der Waals surface area contributed by atoms with Crippen molar-refractivity contribution in [3.8, 4) is 5.75 Å². The maximum atomic E-state index is 13.0. The summed E-state index contributed by atoms with van der Waals surface area (Å²) in [5.41, 5.74) is 0.979. The molecule has 0 aliphatic carbocycles. The quantitative estimate of drug-likeness (QED) is 0.821. The van der Waals surface area contributed by atoms with E-state index in [1.54, 1.807) is 6.26 Å². The van der Waals surface area contributed by atoms with Crippen LogP contribution in [0.4, 0.5) is 0 Å². The maximum Gasteiger partial charge on any atom is 0.234 e. The lowest BCUT2D eigenvalue weighted by Crippen LogP contribution is -2.39. The van der Waals surface area contributed by atoms with Gasteiger partial charge >= 0.3 is 0 Å². The summed E-state index contributed by atoms with van der Waals surface area (Å²) in [4.78, 5) is 17.0. The van der Waals surface area contributed by atoms with Gasteiger partial charge in [0.25, 0.3) is 0 Å². The molecular formula is C18H22N2O3. The smallest absolute Gasteiger partial charge is 0.234 e. The van der Waals surface area contributed by atoms with Gasteiger partial charge in [-0.15, -0.1) is 0 Å². The van der Waals surface area contributed by atoms with Gasteiger partial charge in [-0.25, -0.2) is 0 Å². The summed E-state index contributed by atoms with van der Waals surface area (Å²) in [6, 6.07) is 11.5. The molecule has 23 heavy (non-hydrogen) atoms. The van der Waals surface area contributed by atoms with E-state index in [9.17, 15) is 4.79 Å². The monoisotopic (exact) mass is 314 g/mol. The Labute approximate surface area is 136 Å². The van der Waals surface area contributed by atoms with E-state index in [4.69, 9.17) is 9.15 Å². The third kappa shape index (κ3) is 3.56. The molecule has 0 saturated carbocycles. The molecule has 0 unspecified atom stereocenters. The first-order valence-electron chi connectivity index (χ1n) is 7.83. The number of benzene rings is 1. The summed E-state index contributed by atoms with van der Waals surface area (Å²) in [5, 5.41) is 0. The number of nitrogens with zero attached hydrogens (tertiary/aromatic N) is 2. The molecular weight excluding hydrogens is 292 g/mol. The Morgan fingerprint density at radius 2 is 2.00 bits per heavy atom. The standard InChI is InChI=1S/C18H22N2O3/c1-19(2)9-10-20(12-14-6-5-11-22-14)18(21)16-13-23-17-8-4-3-7-15(16)17/h3-8,11,16H,9-10,12-13H2,1-2H3/t16-/m0/s1. The van der Waals surface area contributed by atoms with E-state index < -0.39 is 0 Å². The summed E-state index contributed by atoms with van der Waals surface area (Å²) in [6.45, 7) is 2.36. The number of hydrogen-bond acceptors (Lipinski definition) is 4. The highest BCUT2D eigenvalue weighted by atomic mass is 16.5. The maximum absolute atomic E-state index is 13.0. The Bertz CT molecular complexity index is 652. The number of furan rings is 1. The molecule has 122 valence electrons. The zero-order valence-corrected chi connectivity index (χ0v) is 13.6. The number of amides is 1. The summed E-state index contributed by atoms with van der Waals surface area (Å²) < 4.78 is 11.1. The topological polar surface area (TPSA) is 45.9 Å². The van der Waals surface area contributed by atoms with Crippen LogP contribution < -0.4 is 4.74 Å². The lowest BCUT2D eigenvalue weighted by Gasteiger charge is -2.26. The molecule has 5 heteroatoms. The van der Waals surface area contributed by atoms with Crippen molar-refractivity contribution < 1.29 is 13.9 Å². The Balaban J connectivity index is 1.77. The van der Waals surface area contributed by atoms with E-state index >= 15 is 0 Å². The molecule has 5 nitrogen and oxygen atoms in total. The van der Waals surface area contributed by atoms with Crippen LogP contribution in [0.15, 0.2) is 47.1 Å². The van der Waals surface area contributed by atoms with Crippen LogP contribution in [-0.2, 0) is 11.3 Å². The van der Waals surface area contributed by atoms with Crippen LogP contribution in [0.1, 0.15) is 17.2 Å². The Morgan fingerprint density at radius 1 is 1.17 bits per heavy atom. The average Bonchev–Trinajstić information content (AvgIpc) is 3.20. The van der Waals surface area contributed by atoms with Crippen molar-refractivity contribution in [1.82, 2.24) is 9.80 Å². The number of para-hydroxylation sites is 1. The Hall–Kier alpha value is -2.27. The van der Waals surface area contributed by atoms with Crippen molar-refractivity contribution in [3.05, 3.63) is 54.0 Å². The highest BCUT2D eigenvalue weighted by Gasteiger charge is 2.33. The zero-order valence-electron chi connectivity index (χ0n) is 13.6. The van der Waals surface area contributed by atoms with Crippen molar-refractivity contribution in [2.45, 2.75) is 12.5 Å². The summed E-state index contributed by atoms with van der Waals surface area (Å²) in [7, 11) is 4.01. The van der Waals surface area contributed by atoms with Crippen LogP contribution in [0.5, 0.6) is 5.75 Å². The molecule has 1 aromatic heterocycles. The van der Waals surface area contributed by atoms with E-state index in [1.807, 2.05) is 55.4 Å². The van der Waals surface area contributed by atoms with Crippen LogP contribution in [0.3, 0.4) is 0 Å². The second kappa shape index (κ2) is 6.87. The zero-order chi connectivity index (χ0) is 16.2. The predicted octanol–water partition coefficient (Wildman–Crippen LogP) is 2.35. The van der Waals surface area contributed by atoms with E-state index in [2.05, 4.69) is 4.90 Å². The second-order valence-corrected chi connectivity index (χ2v) is 6.04. The number of likely N-dealkylation sites (N-methyl/N-ethyl adjacent to an activating group) is 1. The Kier molecular flexibility index (Phi) is 4.67. The van der Waals surface area contributed by atoms with Crippen LogP contribution in [-0.4, -0.2) is 49.5 Å². The second-order valence-electron chi connectivity index (χ2n) is 6.04. The normalized spacial score (nSPS) is 16.2. The largest absolute Gasteiger partial charge is 0.492 e. The molecule has 0 fully saturated rings. The van der Waals surface area contributed by atoms with Crippen molar-refractivity contribution in [2.75, 3.05) is 33.8 Å². The Morgan fingerprint density at radius 3 is 2.74 bits per heavy atom. The van der Waals surface area contributed by atoms with Gasteiger partial charge in [-0.2, -0.15) is 0 Å². The molecule has 1 aliphatic rings. The highest BCUT2D eigenvalue weighted by Crippen LogP contribution is 2.34. The minimum atomic E-state index is -0.233. The molecule has 0 N–H and O–H groups in total. The molecule has 1 amide bonds. The first-order chi connectivity index (χ1) is 11.1. The van der Waals surface area contributed by atoms with Gasteiger partial charge in [-0.1, -0.05) is 18.2 Å². The fourth-order valence-electron chi connectivity index (χ4n) is 2.77. The number of carbonyl (C=O) groups excluding carboxylic acids is 1. The summed E-state index contributed by atoms with van der Waals surface area (Å²) in [5.74, 6) is 1.47. The molecule has 2 aromatic rings. The third-order valence-corrected chi connectivity index (χ3v) is 4.05. The summed E-state index contributed by atoms with van der Waals surface area (Å²) >= 11 is 0. The number of carbonyl (C=O) groups is 1. The van der Waals surface area contributed by atoms with Gasteiger partial charge in [0.05, 0.1) is 12.8 Å². The molecule has 0 spiro atoms. The van der Waals surface area contributed by atoms with E-state index in [0.717, 1.165) is 23.6 Å². The van der Waals surface area contributed by atoms with Gasteiger partial charge in [0, 0.05) is 18.7 Å². The molecule has 1 aliphatic heterocycles. The fraction of sp³-hybridized carbons (Fsp3) is 0.389. The number of fused-ring (bicyclic) bond motifs is 1. The minimum absolute atomic E-state index is 0.0909. The molecule has 0 bridgehead atoms. The van der Waals surface area contributed by atoms with Crippen LogP contribution in [0.25, 0.3) is 0 Å². The van der Waals surface area contributed by atoms with Gasteiger partial charge in [0.1, 0.15) is 24.0 Å². The number of rotatable bonds is 6. The molecule has 1 aromatic carbocycles. The van der Waals surface area contributed by atoms with Gasteiger partial charge in [-0.05, 0) is 32.3 Å². The van der Waals surface area contributed by atoms with Gasteiger partial charge in [-0.3, -0.25) is 4.79 Å². The van der Waals surface area contributed by atoms with Crippen molar-refractivity contribution >= 4 is 5.91 Å². The first-order valence-corrected chi connectivity index (χ1v) is 7.83. The van der Waals surface area contributed by atoms with E-state index in [1.165, 1.54) is 0 Å². The van der Waals surface area contributed by atoms with Crippen LogP contribution in [0.2, 0.25) is 0 Å². The van der Waals surface area contributed by atoms with Gasteiger partial charge < -0.3 is 19.0 Å².